The van der Waals surface area contributed by atoms with Crippen molar-refractivity contribution >= 4 is 17.5 Å². The molecule has 2 aromatic rings. The highest BCUT2D eigenvalue weighted by Crippen LogP contribution is 2.06. The molecule has 0 fully saturated rings. The summed E-state index contributed by atoms with van der Waals surface area (Å²) in [7, 11) is 0. The molecular formula is C13H15ClN4O. The van der Waals surface area contributed by atoms with E-state index in [9.17, 15) is 4.79 Å². The third-order valence-corrected chi connectivity index (χ3v) is 3.06. The van der Waals surface area contributed by atoms with Gasteiger partial charge in [-0.05, 0) is 37.5 Å². The quantitative estimate of drug-likeness (QED) is 0.650. The number of nitrogens with one attached hydrogen (secondary N) is 2. The number of hydrogen-bond acceptors (Lipinski definition) is 3. The molecule has 0 atom stereocenters. The number of pyridine rings is 1. The standard InChI is InChI=1S/C13H15ClN4O/c1-9-10(8-17-18-9)3-2-6-15-13(19)11-4-5-12(14)16-7-11/h4-5,7-8H,2-3,6H2,1H3,(H,15,19)(H,17,18). The maximum absolute atomic E-state index is 11.8. The summed E-state index contributed by atoms with van der Waals surface area (Å²) >= 11 is 5.66. The lowest BCUT2D eigenvalue weighted by atomic mass is 10.1. The van der Waals surface area contributed by atoms with Crippen LogP contribution in [0.4, 0.5) is 0 Å². The molecule has 0 spiro atoms. The Labute approximate surface area is 116 Å². The summed E-state index contributed by atoms with van der Waals surface area (Å²) in [6, 6.07) is 3.26. The van der Waals surface area contributed by atoms with Crippen molar-refractivity contribution in [3.05, 3.63) is 46.5 Å². The van der Waals surface area contributed by atoms with Crippen LogP contribution in [-0.4, -0.2) is 27.6 Å². The fraction of sp³-hybridized carbons (Fsp3) is 0.308. The van der Waals surface area contributed by atoms with Crippen LogP contribution in [0.1, 0.15) is 28.0 Å². The van der Waals surface area contributed by atoms with Crippen LogP contribution in [0.3, 0.4) is 0 Å². The van der Waals surface area contributed by atoms with Crippen molar-refractivity contribution in [2.75, 3.05) is 6.54 Å². The van der Waals surface area contributed by atoms with Crippen LogP contribution >= 0.6 is 11.6 Å². The van der Waals surface area contributed by atoms with E-state index in [1.54, 1.807) is 12.1 Å². The van der Waals surface area contributed by atoms with Crippen LogP contribution in [0.25, 0.3) is 0 Å². The van der Waals surface area contributed by atoms with Gasteiger partial charge >= 0.3 is 0 Å². The number of aromatic amines is 1. The van der Waals surface area contributed by atoms with E-state index < -0.39 is 0 Å². The fourth-order valence-corrected chi connectivity index (χ4v) is 1.83. The molecule has 19 heavy (non-hydrogen) atoms. The number of carbonyl (C=O) groups is 1. The van der Waals surface area contributed by atoms with E-state index in [0.29, 0.717) is 17.3 Å². The van der Waals surface area contributed by atoms with Gasteiger partial charge in [0.15, 0.2) is 0 Å². The van der Waals surface area contributed by atoms with Gasteiger partial charge in [-0.3, -0.25) is 9.89 Å². The molecular weight excluding hydrogens is 264 g/mol. The van der Waals surface area contributed by atoms with Crippen molar-refractivity contribution in [3.63, 3.8) is 0 Å². The summed E-state index contributed by atoms with van der Waals surface area (Å²) in [6.45, 7) is 2.60. The van der Waals surface area contributed by atoms with E-state index in [2.05, 4.69) is 20.5 Å². The Morgan fingerprint density at radius 3 is 2.89 bits per heavy atom. The highest BCUT2D eigenvalue weighted by molar-refractivity contribution is 6.29. The predicted octanol–water partition coefficient (Wildman–Crippen LogP) is 2.13. The van der Waals surface area contributed by atoms with Crippen LogP contribution in [0, 0.1) is 6.92 Å². The molecule has 2 N–H and O–H groups in total. The average molecular weight is 279 g/mol. The zero-order valence-electron chi connectivity index (χ0n) is 10.6. The van der Waals surface area contributed by atoms with Crippen molar-refractivity contribution in [2.24, 2.45) is 0 Å². The minimum absolute atomic E-state index is 0.131. The van der Waals surface area contributed by atoms with E-state index in [4.69, 9.17) is 11.6 Å². The van der Waals surface area contributed by atoms with Crippen molar-refractivity contribution in [1.82, 2.24) is 20.5 Å². The van der Waals surface area contributed by atoms with Gasteiger partial charge in [0, 0.05) is 18.4 Å². The van der Waals surface area contributed by atoms with Crippen molar-refractivity contribution < 1.29 is 4.79 Å². The van der Waals surface area contributed by atoms with E-state index >= 15 is 0 Å². The number of carbonyl (C=O) groups excluding carboxylic acids is 1. The van der Waals surface area contributed by atoms with E-state index in [0.717, 1.165) is 18.5 Å². The normalized spacial score (nSPS) is 10.4. The van der Waals surface area contributed by atoms with E-state index in [-0.39, 0.29) is 5.91 Å². The minimum Gasteiger partial charge on any atom is -0.352 e. The Hall–Kier alpha value is -1.88. The van der Waals surface area contributed by atoms with Crippen molar-refractivity contribution in [2.45, 2.75) is 19.8 Å². The molecule has 0 aliphatic heterocycles. The smallest absolute Gasteiger partial charge is 0.252 e. The van der Waals surface area contributed by atoms with Crippen LogP contribution in [0.15, 0.2) is 24.5 Å². The number of H-pyrrole nitrogens is 1. The summed E-state index contributed by atoms with van der Waals surface area (Å²) in [5, 5.41) is 10.1. The molecule has 2 heterocycles. The monoisotopic (exact) mass is 278 g/mol. The third kappa shape index (κ3) is 3.79. The molecule has 5 nitrogen and oxygen atoms in total. The lowest BCUT2D eigenvalue weighted by Gasteiger charge is -2.04. The Balaban J connectivity index is 1.75. The number of nitrogens with zero attached hydrogens (tertiary/aromatic N) is 2. The molecule has 100 valence electrons. The summed E-state index contributed by atoms with van der Waals surface area (Å²) < 4.78 is 0. The van der Waals surface area contributed by atoms with Crippen molar-refractivity contribution in [3.8, 4) is 0 Å². The molecule has 0 saturated heterocycles. The van der Waals surface area contributed by atoms with Gasteiger partial charge in [-0.25, -0.2) is 4.98 Å². The molecule has 0 aliphatic carbocycles. The molecule has 0 aromatic carbocycles. The SMILES string of the molecule is Cc1[nH]ncc1CCCNC(=O)c1ccc(Cl)nc1. The average Bonchev–Trinajstić information content (AvgIpc) is 2.81. The molecule has 0 radical (unpaired) electrons. The largest absolute Gasteiger partial charge is 0.352 e. The van der Waals surface area contributed by atoms with Gasteiger partial charge < -0.3 is 5.32 Å². The van der Waals surface area contributed by atoms with Gasteiger partial charge in [0.05, 0.1) is 11.8 Å². The molecule has 2 rings (SSSR count). The fourth-order valence-electron chi connectivity index (χ4n) is 1.72. The van der Waals surface area contributed by atoms with E-state index in [1.807, 2.05) is 13.1 Å². The Bertz CT molecular complexity index is 550. The second kappa shape index (κ2) is 6.33. The van der Waals surface area contributed by atoms with Crippen LogP contribution in [0.2, 0.25) is 5.15 Å². The first kappa shape index (κ1) is 13.5. The van der Waals surface area contributed by atoms with Gasteiger partial charge in [-0.15, -0.1) is 0 Å². The predicted molar refractivity (Wildman–Crippen MR) is 73.2 cm³/mol. The Morgan fingerprint density at radius 2 is 2.26 bits per heavy atom. The second-order valence-corrected chi connectivity index (χ2v) is 4.64. The second-order valence-electron chi connectivity index (χ2n) is 4.25. The van der Waals surface area contributed by atoms with Gasteiger partial charge in [0.2, 0.25) is 0 Å². The van der Waals surface area contributed by atoms with Gasteiger partial charge in [0.1, 0.15) is 5.15 Å². The van der Waals surface area contributed by atoms with Gasteiger partial charge in [-0.1, -0.05) is 11.6 Å². The molecule has 0 aliphatic rings. The van der Waals surface area contributed by atoms with Crippen LogP contribution < -0.4 is 5.32 Å². The minimum atomic E-state index is -0.131. The first-order chi connectivity index (χ1) is 9.16. The molecule has 1 amide bonds. The number of amides is 1. The zero-order valence-corrected chi connectivity index (χ0v) is 11.4. The first-order valence-electron chi connectivity index (χ1n) is 6.05. The number of aromatic nitrogens is 3. The summed E-state index contributed by atoms with van der Waals surface area (Å²) in [6.07, 6.45) is 5.05. The lowest BCUT2D eigenvalue weighted by molar-refractivity contribution is 0.0953. The summed E-state index contributed by atoms with van der Waals surface area (Å²) in [5.41, 5.74) is 2.78. The number of rotatable bonds is 5. The topological polar surface area (TPSA) is 70.7 Å². The highest BCUT2D eigenvalue weighted by atomic mass is 35.5. The lowest BCUT2D eigenvalue weighted by Crippen LogP contribution is -2.24. The number of hydrogen-bond donors (Lipinski definition) is 2. The highest BCUT2D eigenvalue weighted by Gasteiger charge is 2.05. The van der Waals surface area contributed by atoms with Gasteiger partial charge in [-0.2, -0.15) is 5.10 Å². The maximum atomic E-state index is 11.8. The molecule has 0 unspecified atom stereocenters. The zero-order chi connectivity index (χ0) is 13.7. The third-order valence-electron chi connectivity index (χ3n) is 2.83. The van der Waals surface area contributed by atoms with Crippen LogP contribution in [0.5, 0.6) is 0 Å². The molecule has 6 heteroatoms. The summed E-state index contributed by atoms with van der Waals surface area (Å²) in [4.78, 5) is 15.6. The van der Waals surface area contributed by atoms with E-state index in [1.165, 1.54) is 11.8 Å². The first-order valence-corrected chi connectivity index (χ1v) is 6.43. The van der Waals surface area contributed by atoms with Crippen LogP contribution in [-0.2, 0) is 6.42 Å². The maximum Gasteiger partial charge on any atom is 0.252 e. The van der Waals surface area contributed by atoms with Crippen molar-refractivity contribution in [1.29, 1.82) is 0 Å². The molecule has 0 bridgehead atoms. The number of halogens is 1. The molecule has 0 saturated carbocycles. The Kier molecular flexibility index (Phi) is 4.52. The summed E-state index contributed by atoms with van der Waals surface area (Å²) in [5.74, 6) is -0.131. The Morgan fingerprint density at radius 1 is 1.42 bits per heavy atom. The molecule has 2 aromatic heterocycles. The number of aryl methyl sites for hydroxylation is 2. The van der Waals surface area contributed by atoms with Gasteiger partial charge in [0.25, 0.3) is 5.91 Å².